The second-order valence-electron chi connectivity index (χ2n) is 6.30. The zero-order valence-electron chi connectivity index (χ0n) is 15.4. The van der Waals surface area contributed by atoms with Gasteiger partial charge in [0.1, 0.15) is 11.6 Å². The molecule has 1 heterocycles. The lowest BCUT2D eigenvalue weighted by atomic mass is 10.2. The maximum Gasteiger partial charge on any atom is 0.251 e. The smallest absolute Gasteiger partial charge is 0.251 e. The topological polar surface area (TPSA) is 45.2 Å². The van der Waals surface area contributed by atoms with Crippen LogP contribution in [-0.4, -0.2) is 17.4 Å². The number of hydrogen-bond donors (Lipinski definition) is 1. The van der Waals surface area contributed by atoms with Gasteiger partial charge in [0.25, 0.3) is 5.91 Å². The van der Waals surface area contributed by atoms with Crippen molar-refractivity contribution in [1.29, 1.82) is 0 Å². The molecular formula is C22H22FN3O. The van der Waals surface area contributed by atoms with Crippen molar-refractivity contribution in [3.05, 3.63) is 89.4 Å². The molecule has 1 aromatic heterocycles. The van der Waals surface area contributed by atoms with Crippen molar-refractivity contribution >= 4 is 17.4 Å². The third-order valence-corrected chi connectivity index (χ3v) is 4.28. The van der Waals surface area contributed by atoms with E-state index in [1.54, 1.807) is 30.5 Å². The number of nitrogens with one attached hydrogen (secondary N) is 1. The van der Waals surface area contributed by atoms with Crippen LogP contribution in [0.4, 0.5) is 15.9 Å². The Morgan fingerprint density at radius 1 is 1.11 bits per heavy atom. The van der Waals surface area contributed by atoms with E-state index in [1.807, 2.05) is 32.0 Å². The number of aromatic nitrogens is 1. The van der Waals surface area contributed by atoms with Crippen LogP contribution < -0.4 is 10.2 Å². The fourth-order valence-corrected chi connectivity index (χ4v) is 2.87. The maximum atomic E-state index is 13.0. The molecule has 0 aliphatic heterocycles. The van der Waals surface area contributed by atoms with Gasteiger partial charge in [0.05, 0.1) is 0 Å². The molecule has 0 saturated heterocycles. The summed E-state index contributed by atoms with van der Waals surface area (Å²) in [5.41, 5.74) is 3.58. The number of carbonyl (C=O) groups excluding carboxylic acids is 1. The van der Waals surface area contributed by atoms with Gasteiger partial charge in [-0.25, -0.2) is 9.37 Å². The summed E-state index contributed by atoms with van der Waals surface area (Å²) >= 11 is 0. The Bertz CT molecular complexity index is 925. The molecule has 0 aliphatic rings. The fraction of sp³-hybridized carbons (Fsp3) is 0.182. The zero-order chi connectivity index (χ0) is 19.2. The molecule has 0 bridgehead atoms. The van der Waals surface area contributed by atoms with E-state index >= 15 is 0 Å². The average molecular weight is 363 g/mol. The van der Waals surface area contributed by atoms with Crippen LogP contribution >= 0.6 is 0 Å². The normalized spacial score (nSPS) is 10.5. The van der Waals surface area contributed by atoms with Crippen LogP contribution in [-0.2, 0) is 6.54 Å². The van der Waals surface area contributed by atoms with Crippen LogP contribution in [0.1, 0.15) is 28.4 Å². The Morgan fingerprint density at radius 2 is 1.89 bits per heavy atom. The molecule has 4 nitrogen and oxygen atoms in total. The van der Waals surface area contributed by atoms with E-state index in [2.05, 4.69) is 21.3 Å². The van der Waals surface area contributed by atoms with Gasteiger partial charge in [0, 0.05) is 30.5 Å². The Balaban J connectivity index is 1.75. The van der Waals surface area contributed by atoms with E-state index in [0.717, 1.165) is 23.6 Å². The molecule has 0 aliphatic carbocycles. The Morgan fingerprint density at radius 3 is 2.59 bits per heavy atom. The third kappa shape index (κ3) is 4.70. The van der Waals surface area contributed by atoms with Gasteiger partial charge < -0.3 is 10.2 Å². The number of rotatable bonds is 6. The predicted octanol–water partition coefficient (Wildman–Crippen LogP) is 4.62. The van der Waals surface area contributed by atoms with Crippen LogP contribution in [0, 0.1) is 12.7 Å². The van der Waals surface area contributed by atoms with Gasteiger partial charge in [-0.1, -0.05) is 24.3 Å². The highest BCUT2D eigenvalue weighted by molar-refractivity contribution is 5.95. The van der Waals surface area contributed by atoms with Crippen molar-refractivity contribution < 1.29 is 9.18 Å². The van der Waals surface area contributed by atoms with Gasteiger partial charge in [-0.2, -0.15) is 0 Å². The first kappa shape index (κ1) is 18.6. The molecule has 0 atom stereocenters. The van der Waals surface area contributed by atoms with Crippen LogP contribution in [0.15, 0.2) is 66.9 Å². The number of aryl methyl sites for hydroxylation is 1. The standard InChI is InChI=1S/C22H22FN3O/c1-3-26(20-6-4-5-16(2)13-20)21-14-18(11-12-24-21)22(27)25-15-17-7-9-19(23)10-8-17/h4-14H,3,15H2,1-2H3,(H,25,27). The largest absolute Gasteiger partial charge is 0.348 e. The van der Waals surface area contributed by atoms with Crippen LogP contribution in [0.25, 0.3) is 0 Å². The fourth-order valence-electron chi connectivity index (χ4n) is 2.87. The van der Waals surface area contributed by atoms with Gasteiger partial charge in [-0.05, 0) is 61.4 Å². The molecule has 0 radical (unpaired) electrons. The molecule has 3 aromatic rings. The molecule has 3 rings (SSSR count). The summed E-state index contributed by atoms with van der Waals surface area (Å²) in [7, 11) is 0. The Kier molecular flexibility index (Phi) is 5.81. The molecule has 0 spiro atoms. The second kappa shape index (κ2) is 8.45. The second-order valence-corrected chi connectivity index (χ2v) is 6.30. The maximum absolute atomic E-state index is 13.0. The lowest BCUT2D eigenvalue weighted by Crippen LogP contribution is -2.24. The molecule has 138 valence electrons. The number of halogens is 1. The molecule has 27 heavy (non-hydrogen) atoms. The van der Waals surface area contributed by atoms with Crippen molar-refractivity contribution in [2.75, 3.05) is 11.4 Å². The van der Waals surface area contributed by atoms with Crippen molar-refractivity contribution in [1.82, 2.24) is 10.3 Å². The minimum absolute atomic E-state index is 0.191. The zero-order valence-corrected chi connectivity index (χ0v) is 15.4. The third-order valence-electron chi connectivity index (χ3n) is 4.28. The summed E-state index contributed by atoms with van der Waals surface area (Å²) in [6.07, 6.45) is 1.64. The lowest BCUT2D eigenvalue weighted by Gasteiger charge is -2.23. The first-order valence-corrected chi connectivity index (χ1v) is 8.89. The number of pyridine rings is 1. The summed E-state index contributed by atoms with van der Waals surface area (Å²) in [5, 5.41) is 2.86. The van der Waals surface area contributed by atoms with Gasteiger partial charge in [0.15, 0.2) is 0 Å². The SMILES string of the molecule is CCN(c1cccc(C)c1)c1cc(C(=O)NCc2ccc(F)cc2)ccn1. The highest BCUT2D eigenvalue weighted by Crippen LogP contribution is 2.24. The summed E-state index contributed by atoms with van der Waals surface area (Å²) < 4.78 is 13.0. The van der Waals surface area contributed by atoms with Gasteiger partial charge in [-0.3, -0.25) is 4.79 Å². The molecule has 1 amide bonds. The highest BCUT2D eigenvalue weighted by Gasteiger charge is 2.12. The van der Waals surface area contributed by atoms with Crippen molar-refractivity contribution in [3.8, 4) is 0 Å². The molecule has 0 unspecified atom stereocenters. The molecule has 0 saturated carbocycles. The number of hydrogen-bond acceptors (Lipinski definition) is 3. The van der Waals surface area contributed by atoms with Gasteiger partial charge in [-0.15, -0.1) is 0 Å². The Labute approximate surface area is 158 Å². The van der Waals surface area contributed by atoms with Crippen LogP contribution in [0.5, 0.6) is 0 Å². The Hall–Kier alpha value is -3.21. The number of carbonyl (C=O) groups is 1. The number of amides is 1. The minimum Gasteiger partial charge on any atom is -0.348 e. The average Bonchev–Trinajstić information content (AvgIpc) is 2.68. The summed E-state index contributed by atoms with van der Waals surface area (Å²) in [6.45, 7) is 5.17. The van der Waals surface area contributed by atoms with Crippen molar-refractivity contribution in [3.63, 3.8) is 0 Å². The number of benzene rings is 2. The van der Waals surface area contributed by atoms with Gasteiger partial charge in [0.2, 0.25) is 0 Å². The van der Waals surface area contributed by atoms with E-state index in [0.29, 0.717) is 12.1 Å². The first-order valence-electron chi connectivity index (χ1n) is 8.89. The molecule has 1 N–H and O–H groups in total. The first-order chi connectivity index (χ1) is 13.1. The van der Waals surface area contributed by atoms with E-state index in [4.69, 9.17) is 0 Å². The summed E-state index contributed by atoms with van der Waals surface area (Å²) in [6, 6.07) is 17.7. The van der Waals surface area contributed by atoms with Crippen molar-refractivity contribution in [2.45, 2.75) is 20.4 Å². The molecule has 2 aromatic carbocycles. The molecular weight excluding hydrogens is 341 g/mol. The quantitative estimate of drug-likeness (QED) is 0.695. The lowest BCUT2D eigenvalue weighted by molar-refractivity contribution is 0.0951. The van der Waals surface area contributed by atoms with Crippen LogP contribution in [0.2, 0.25) is 0 Å². The molecule has 5 heteroatoms. The molecule has 0 fully saturated rings. The number of nitrogens with zero attached hydrogens (tertiary/aromatic N) is 2. The highest BCUT2D eigenvalue weighted by atomic mass is 19.1. The predicted molar refractivity (Wildman–Crippen MR) is 106 cm³/mol. The van der Waals surface area contributed by atoms with E-state index in [-0.39, 0.29) is 11.7 Å². The van der Waals surface area contributed by atoms with Crippen LogP contribution in [0.3, 0.4) is 0 Å². The summed E-state index contributed by atoms with van der Waals surface area (Å²) in [4.78, 5) is 19.0. The minimum atomic E-state index is -0.292. The summed E-state index contributed by atoms with van der Waals surface area (Å²) in [5.74, 6) is 0.237. The van der Waals surface area contributed by atoms with E-state index < -0.39 is 0 Å². The number of anilines is 2. The van der Waals surface area contributed by atoms with Crippen molar-refractivity contribution in [2.24, 2.45) is 0 Å². The van der Waals surface area contributed by atoms with Gasteiger partial charge >= 0.3 is 0 Å². The van der Waals surface area contributed by atoms with E-state index in [1.165, 1.54) is 17.7 Å². The monoisotopic (exact) mass is 363 g/mol. The van der Waals surface area contributed by atoms with E-state index in [9.17, 15) is 9.18 Å².